The van der Waals surface area contributed by atoms with E-state index in [2.05, 4.69) is 18.7 Å². The van der Waals surface area contributed by atoms with Crippen LogP contribution in [-0.2, 0) is 4.74 Å². The maximum atomic E-state index is 5.04. The molecule has 1 nitrogen and oxygen atoms in total. The second-order valence-corrected chi connectivity index (χ2v) is 3.30. The van der Waals surface area contributed by atoms with E-state index >= 15 is 0 Å². The molecule has 1 rings (SSSR count). The van der Waals surface area contributed by atoms with E-state index in [0.29, 0.717) is 0 Å². The van der Waals surface area contributed by atoms with Crippen molar-refractivity contribution in [3.05, 3.63) is 54.2 Å². The predicted octanol–water partition coefficient (Wildman–Crippen LogP) is 3.45. The molecule has 68 valence electrons. The minimum Gasteiger partial charge on any atom is -0.496 e. The summed E-state index contributed by atoms with van der Waals surface area (Å²) in [4.78, 5) is 1.19. The summed E-state index contributed by atoms with van der Waals surface area (Å²) in [7, 11) is 1.64. The van der Waals surface area contributed by atoms with E-state index < -0.39 is 0 Å². The molecule has 0 atom stereocenters. The molecule has 0 aliphatic rings. The second-order valence-electron chi connectivity index (χ2n) is 2.36. The lowest BCUT2D eigenvalue weighted by Gasteiger charge is -1.99. The molecular formula is C11H12OS. The van der Waals surface area contributed by atoms with Gasteiger partial charge in [-0.3, -0.25) is 0 Å². The third-order valence-electron chi connectivity index (χ3n) is 1.49. The van der Waals surface area contributed by atoms with Crippen LogP contribution < -0.4 is 0 Å². The first kappa shape index (κ1) is 9.93. The van der Waals surface area contributed by atoms with Crippen molar-refractivity contribution in [2.45, 2.75) is 4.90 Å². The van der Waals surface area contributed by atoms with E-state index in [9.17, 15) is 0 Å². The van der Waals surface area contributed by atoms with Crippen LogP contribution in [0.25, 0.3) is 0 Å². The molecule has 13 heavy (non-hydrogen) atoms. The topological polar surface area (TPSA) is 9.23 Å². The highest BCUT2D eigenvalue weighted by atomic mass is 32.2. The highest BCUT2D eigenvalue weighted by Crippen LogP contribution is 2.20. The first-order chi connectivity index (χ1) is 6.36. The van der Waals surface area contributed by atoms with Gasteiger partial charge in [0.25, 0.3) is 0 Å². The van der Waals surface area contributed by atoms with Crippen LogP contribution in [0.1, 0.15) is 0 Å². The van der Waals surface area contributed by atoms with Gasteiger partial charge in [0.2, 0.25) is 0 Å². The Morgan fingerprint density at radius 3 is 2.62 bits per heavy atom. The Hall–Kier alpha value is -1.15. The number of hydrogen-bond acceptors (Lipinski definition) is 2. The number of rotatable bonds is 4. The lowest BCUT2D eigenvalue weighted by atomic mass is 10.4. The summed E-state index contributed by atoms with van der Waals surface area (Å²) in [6, 6.07) is 10.1. The van der Waals surface area contributed by atoms with Gasteiger partial charge in [-0.1, -0.05) is 36.5 Å². The number of hydrogen-bond donors (Lipinski definition) is 0. The Bertz CT molecular complexity index is 290. The van der Waals surface area contributed by atoms with Crippen LogP contribution in [0, 0.1) is 0 Å². The molecule has 0 amide bonds. The van der Waals surface area contributed by atoms with Crippen molar-refractivity contribution >= 4 is 11.8 Å². The average Bonchev–Trinajstić information content (AvgIpc) is 2.21. The average molecular weight is 192 g/mol. The van der Waals surface area contributed by atoms with Crippen molar-refractivity contribution in [3.63, 3.8) is 0 Å². The van der Waals surface area contributed by atoms with Crippen molar-refractivity contribution in [1.82, 2.24) is 0 Å². The van der Waals surface area contributed by atoms with Crippen molar-refractivity contribution in [2.24, 2.45) is 0 Å². The first-order valence-electron chi connectivity index (χ1n) is 3.95. The number of allylic oxidation sites excluding steroid dienone is 1. The fourth-order valence-electron chi connectivity index (χ4n) is 0.805. The highest BCUT2D eigenvalue weighted by Gasteiger charge is 1.90. The predicted molar refractivity (Wildman–Crippen MR) is 57.6 cm³/mol. The molecule has 0 spiro atoms. The van der Waals surface area contributed by atoms with Crippen LogP contribution in [0.4, 0.5) is 0 Å². The Balaban J connectivity index is 2.60. The third-order valence-corrected chi connectivity index (χ3v) is 2.39. The van der Waals surface area contributed by atoms with Crippen molar-refractivity contribution in [2.75, 3.05) is 7.11 Å². The molecule has 1 aromatic carbocycles. The van der Waals surface area contributed by atoms with Crippen molar-refractivity contribution < 1.29 is 4.74 Å². The number of benzene rings is 1. The maximum absolute atomic E-state index is 5.04. The molecule has 0 N–H and O–H groups in total. The molecule has 0 heterocycles. The van der Waals surface area contributed by atoms with Crippen LogP contribution in [0.15, 0.2) is 59.0 Å². The summed E-state index contributed by atoms with van der Waals surface area (Å²) in [6.07, 6.45) is 1.69. The van der Waals surface area contributed by atoms with Crippen LogP contribution in [0.2, 0.25) is 0 Å². The zero-order valence-electron chi connectivity index (χ0n) is 7.57. The molecule has 0 fully saturated rings. The van der Waals surface area contributed by atoms with Crippen LogP contribution >= 0.6 is 11.8 Å². The molecule has 0 aliphatic heterocycles. The van der Waals surface area contributed by atoms with Gasteiger partial charge in [-0.15, -0.1) is 0 Å². The largest absolute Gasteiger partial charge is 0.496 e. The van der Waals surface area contributed by atoms with E-state index in [1.54, 1.807) is 24.9 Å². The van der Waals surface area contributed by atoms with Gasteiger partial charge in [-0.25, -0.2) is 0 Å². The van der Waals surface area contributed by atoms with Gasteiger partial charge in [0.1, 0.15) is 5.76 Å². The second kappa shape index (κ2) is 5.49. The minimum atomic E-state index is 0.786. The molecule has 0 bridgehead atoms. The fraction of sp³-hybridized carbons (Fsp3) is 0.0909. The summed E-state index contributed by atoms with van der Waals surface area (Å²) in [5, 5.41) is 1.93. The normalized spacial score (nSPS) is 11.0. The molecule has 2 heteroatoms. The Labute approximate surface area is 83.1 Å². The van der Waals surface area contributed by atoms with Gasteiger partial charge in [0, 0.05) is 10.3 Å². The van der Waals surface area contributed by atoms with Gasteiger partial charge in [-0.2, -0.15) is 0 Å². The smallest absolute Gasteiger partial charge is 0.124 e. The van der Waals surface area contributed by atoms with E-state index in [0.717, 1.165) is 5.76 Å². The Kier molecular flexibility index (Phi) is 4.19. The van der Waals surface area contributed by atoms with E-state index in [-0.39, 0.29) is 0 Å². The molecule has 0 aromatic heterocycles. The van der Waals surface area contributed by atoms with Crippen LogP contribution in [-0.4, -0.2) is 7.11 Å². The minimum absolute atomic E-state index is 0.786. The SMILES string of the molecule is C=C/C(=C\Sc1ccccc1)OC. The maximum Gasteiger partial charge on any atom is 0.124 e. The standard InChI is InChI=1S/C11H12OS/c1-3-10(12-2)9-13-11-7-5-4-6-8-11/h3-9H,1H2,2H3/b10-9+. The van der Waals surface area contributed by atoms with Gasteiger partial charge in [-0.05, 0) is 18.2 Å². The van der Waals surface area contributed by atoms with Crippen molar-refractivity contribution in [3.8, 4) is 0 Å². The fourth-order valence-corrected chi connectivity index (χ4v) is 1.56. The van der Waals surface area contributed by atoms with E-state index in [4.69, 9.17) is 4.74 Å². The molecule has 1 aromatic rings. The highest BCUT2D eigenvalue weighted by molar-refractivity contribution is 8.02. The molecular weight excluding hydrogens is 180 g/mol. The van der Waals surface area contributed by atoms with Gasteiger partial charge in [0.05, 0.1) is 7.11 Å². The summed E-state index contributed by atoms with van der Waals surface area (Å²) >= 11 is 1.62. The van der Waals surface area contributed by atoms with Crippen LogP contribution in [0.5, 0.6) is 0 Å². The molecule has 0 aliphatic carbocycles. The summed E-state index contributed by atoms with van der Waals surface area (Å²) in [6.45, 7) is 3.64. The zero-order chi connectivity index (χ0) is 9.52. The van der Waals surface area contributed by atoms with Gasteiger partial charge in [0.15, 0.2) is 0 Å². The summed E-state index contributed by atoms with van der Waals surface area (Å²) < 4.78 is 5.04. The molecule has 0 unspecified atom stereocenters. The van der Waals surface area contributed by atoms with Gasteiger partial charge >= 0.3 is 0 Å². The lowest BCUT2D eigenvalue weighted by molar-refractivity contribution is 0.308. The quantitative estimate of drug-likeness (QED) is 0.410. The Morgan fingerprint density at radius 2 is 2.08 bits per heavy atom. The number of ether oxygens (including phenoxy) is 1. The Morgan fingerprint density at radius 1 is 1.38 bits per heavy atom. The molecule has 0 saturated heterocycles. The summed E-state index contributed by atoms with van der Waals surface area (Å²) in [5.74, 6) is 0.786. The molecule has 0 saturated carbocycles. The lowest BCUT2D eigenvalue weighted by Crippen LogP contribution is -1.78. The monoisotopic (exact) mass is 192 g/mol. The van der Waals surface area contributed by atoms with Gasteiger partial charge < -0.3 is 4.74 Å². The van der Waals surface area contributed by atoms with E-state index in [1.807, 2.05) is 23.6 Å². The number of thioether (sulfide) groups is 1. The molecule has 0 radical (unpaired) electrons. The van der Waals surface area contributed by atoms with Crippen LogP contribution in [0.3, 0.4) is 0 Å². The third kappa shape index (κ3) is 3.38. The van der Waals surface area contributed by atoms with Crippen molar-refractivity contribution in [1.29, 1.82) is 0 Å². The number of methoxy groups -OCH3 is 1. The zero-order valence-corrected chi connectivity index (χ0v) is 8.38. The van der Waals surface area contributed by atoms with E-state index in [1.165, 1.54) is 4.90 Å². The first-order valence-corrected chi connectivity index (χ1v) is 4.83. The summed E-state index contributed by atoms with van der Waals surface area (Å²) in [5.41, 5.74) is 0.